The number of halogens is 1. The second kappa shape index (κ2) is 26.2. The Bertz CT molecular complexity index is 3820. The van der Waals surface area contributed by atoms with E-state index in [-0.39, 0.29) is 52.3 Å². The van der Waals surface area contributed by atoms with Crippen LogP contribution in [0.15, 0.2) is 114 Å². The third kappa shape index (κ3) is 14.0. The molecular formula is C64H73ClN12O10S. The molecule has 2 aromatic heterocycles. The van der Waals surface area contributed by atoms with Gasteiger partial charge in [0.1, 0.15) is 28.9 Å². The summed E-state index contributed by atoms with van der Waals surface area (Å²) in [5.41, 5.74) is 6.33. The summed E-state index contributed by atoms with van der Waals surface area (Å²) in [6.45, 7) is 13.6. The number of amides is 5. The fourth-order valence-electron chi connectivity index (χ4n) is 12.5. The van der Waals surface area contributed by atoms with E-state index in [2.05, 4.69) is 76.2 Å². The number of nitrogens with zero attached hydrogens (tertiary/aromatic N) is 7. The molecule has 24 heteroatoms. The van der Waals surface area contributed by atoms with Crippen molar-refractivity contribution in [3.8, 4) is 11.5 Å². The third-order valence-electron chi connectivity index (χ3n) is 17.6. The van der Waals surface area contributed by atoms with Gasteiger partial charge < -0.3 is 35.1 Å². The number of allylic oxidation sites excluding steroid dienone is 1. The molecule has 88 heavy (non-hydrogen) atoms. The molecule has 6 heterocycles. The van der Waals surface area contributed by atoms with E-state index in [0.29, 0.717) is 48.3 Å². The first-order chi connectivity index (χ1) is 42.2. The Morgan fingerprint density at radius 3 is 2.42 bits per heavy atom. The van der Waals surface area contributed by atoms with E-state index in [1.807, 2.05) is 25.2 Å². The molecule has 1 atom stereocenters. The quantitative estimate of drug-likeness (QED) is 0.0184. The second-order valence-electron chi connectivity index (χ2n) is 24.4. The smallest absolute Gasteiger partial charge is 0.293 e. The van der Waals surface area contributed by atoms with Gasteiger partial charge in [-0.15, -0.1) is 0 Å². The van der Waals surface area contributed by atoms with Crippen LogP contribution in [-0.2, 0) is 19.6 Å². The first kappa shape index (κ1) is 61.4. The minimum atomic E-state index is -4.64. The van der Waals surface area contributed by atoms with E-state index in [1.54, 1.807) is 42.6 Å². The molecule has 5 aliphatic rings. The lowest BCUT2D eigenvalue weighted by molar-refractivity contribution is -0.384. The first-order valence-corrected chi connectivity index (χ1v) is 31.9. The van der Waals surface area contributed by atoms with E-state index in [0.717, 1.165) is 113 Å². The molecule has 3 saturated heterocycles. The van der Waals surface area contributed by atoms with Gasteiger partial charge in [0, 0.05) is 105 Å². The first-order valence-electron chi connectivity index (χ1n) is 30.0. The molecule has 5 amide bonds. The van der Waals surface area contributed by atoms with Gasteiger partial charge in [-0.3, -0.25) is 49.2 Å². The average Bonchev–Trinajstić information content (AvgIpc) is 2.34. The Labute approximate surface area is 516 Å². The molecule has 1 aliphatic carbocycles. The highest BCUT2D eigenvalue weighted by molar-refractivity contribution is 7.90. The van der Waals surface area contributed by atoms with Gasteiger partial charge in [-0.05, 0) is 155 Å². The molecule has 462 valence electrons. The summed E-state index contributed by atoms with van der Waals surface area (Å²) in [7, 11) is -2.59. The van der Waals surface area contributed by atoms with Gasteiger partial charge in [0.25, 0.3) is 33.4 Å². The molecular weight excluding hydrogens is 1160 g/mol. The number of piperazine rings is 1. The summed E-state index contributed by atoms with van der Waals surface area (Å²) in [4.78, 5) is 94.3. The summed E-state index contributed by atoms with van der Waals surface area (Å²) in [6, 6.07) is 24.4. The summed E-state index contributed by atoms with van der Waals surface area (Å²) < 4.78 is 36.5. The van der Waals surface area contributed by atoms with E-state index >= 15 is 0 Å². The van der Waals surface area contributed by atoms with Crippen molar-refractivity contribution in [2.24, 2.45) is 11.3 Å². The van der Waals surface area contributed by atoms with E-state index in [1.165, 1.54) is 41.1 Å². The molecule has 4 aliphatic heterocycles. The third-order valence-corrected chi connectivity index (χ3v) is 19.2. The molecule has 6 aromatic rings. The number of H-pyrrole nitrogens is 1. The van der Waals surface area contributed by atoms with Crippen LogP contribution in [0.2, 0.25) is 5.02 Å². The number of benzene rings is 4. The lowest BCUT2D eigenvalue weighted by Gasteiger charge is -2.39. The summed E-state index contributed by atoms with van der Waals surface area (Å²) in [6.07, 6.45) is 9.00. The van der Waals surface area contributed by atoms with Crippen molar-refractivity contribution in [2.75, 3.05) is 101 Å². The fraction of sp³-hybridized carbons (Fsp3) is 0.406. The van der Waals surface area contributed by atoms with E-state index in [4.69, 9.17) is 16.3 Å². The monoisotopic (exact) mass is 1240 g/mol. The molecule has 11 rings (SSSR count). The Hall–Kier alpha value is -8.22. The molecule has 0 bridgehead atoms. The number of imide groups is 2. The van der Waals surface area contributed by atoms with Crippen LogP contribution in [0.25, 0.3) is 16.6 Å². The number of carbonyl (C=O) groups excluding carboxylic acids is 5. The molecule has 0 spiro atoms. The van der Waals surface area contributed by atoms with Crippen molar-refractivity contribution < 1.29 is 42.1 Å². The number of aromatic amines is 1. The lowest BCUT2D eigenvalue weighted by Crippen LogP contribution is -2.54. The number of nitro benzene ring substituents is 1. The van der Waals surface area contributed by atoms with Crippen LogP contribution in [0.3, 0.4) is 0 Å². The van der Waals surface area contributed by atoms with Crippen LogP contribution in [0.5, 0.6) is 11.5 Å². The standard InChI is InChI=1S/C64H73ClN12O10S/c1-64(2)22-18-44(51(37-64)42-8-10-45(65)11-9-42)40-74-30-32-75(33-31-74)46-12-14-49(56(35-46)87-47-34-43-19-24-67-59(43)69-39-47)60(79)71-88(85,86)48-13-15-52(55(36-48)77(83)84)68-38-41-20-26-73(27-21-41)29-28-72(3)25-5-23-66-53-7-4-6-50-58(53)63(82)76(62(50)81)54-16-17-57(78)70-61(54)80/h4,6-15,19,24,34-36,39,41,54,66,68H,5,16-18,20-23,25-33,37-38,40H2,1-3H3,(H,67,69)(H,71,79)(H,70,78,80). The summed E-state index contributed by atoms with van der Waals surface area (Å²) in [5, 5.41) is 22.7. The van der Waals surface area contributed by atoms with Crippen LogP contribution in [0.4, 0.5) is 22.7 Å². The Balaban J connectivity index is 0.664. The van der Waals surface area contributed by atoms with Gasteiger partial charge in [0.05, 0.1) is 32.7 Å². The Morgan fingerprint density at radius 1 is 0.875 bits per heavy atom. The number of hydrogen-bond donors (Lipinski definition) is 5. The number of nitro groups is 1. The average molecular weight is 1240 g/mol. The molecule has 3 fully saturated rings. The number of aromatic nitrogens is 2. The SMILES string of the molecule is CN(CCCNc1cccc2c1C(=O)N(C1CCC(=O)NC1=O)C2=O)CCN1CCC(CNc2ccc(S(=O)(=O)NC(=O)c3ccc(N4CCN(CC5=C(c6ccc(Cl)cc6)CC(C)(C)CC5)CC4)cc3Oc3cnc4[nH]ccc4c3)cc2[N+](=O)[O-])CC1. The van der Waals surface area contributed by atoms with Crippen molar-refractivity contribution in [2.45, 2.75) is 76.2 Å². The Kier molecular flexibility index (Phi) is 18.3. The van der Waals surface area contributed by atoms with Gasteiger partial charge >= 0.3 is 0 Å². The number of hydrogen-bond acceptors (Lipinski definition) is 17. The van der Waals surface area contributed by atoms with Gasteiger partial charge in [0.2, 0.25) is 11.8 Å². The molecule has 1 unspecified atom stereocenters. The number of rotatable bonds is 22. The van der Waals surface area contributed by atoms with E-state index in [9.17, 15) is 42.5 Å². The topological polar surface area (TPSA) is 265 Å². The predicted octanol–water partition coefficient (Wildman–Crippen LogP) is 8.78. The number of nitrogens with one attached hydrogen (secondary N) is 5. The van der Waals surface area contributed by atoms with Crippen molar-refractivity contribution in [3.05, 3.63) is 146 Å². The minimum absolute atomic E-state index is 0.0479. The zero-order valence-corrected chi connectivity index (χ0v) is 51.2. The summed E-state index contributed by atoms with van der Waals surface area (Å²) in [5.74, 6) is -2.51. The number of pyridine rings is 1. The summed E-state index contributed by atoms with van der Waals surface area (Å²) >= 11 is 6.27. The normalized spacial score (nSPS) is 18.7. The van der Waals surface area contributed by atoms with Gasteiger partial charge in [0.15, 0.2) is 0 Å². The molecule has 4 aromatic carbocycles. The highest BCUT2D eigenvalue weighted by Crippen LogP contribution is 2.44. The lowest BCUT2D eigenvalue weighted by atomic mass is 9.72. The number of sulfonamides is 1. The van der Waals surface area contributed by atoms with Crippen molar-refractivity contribution in [1.29, 1.82) is 0 Å². The second-order valence-corrected chi connectivity index (χ2v) is 26.5. The van der Waals surface area contributed by atoms with Gasteiger partial charge in [-0.2, -0.15) is 0 Å². The molecule has 5 N–H and O–H groups in total. The van der Waals surface area contributed by atoms with Crippen molar-refractivity contribution in [3.63, 3.8) is 0 Å². The molecule has 0 radical (unpaired) electrons. The highest BCUT2D eigenvalue weighted by Gasteiger charge is 2.46. The fourth-order valence-corrected chi connectivity index (χ4v) is 13.6. The van der Waals surface area contributed by atoms with Crippen molar-refractivity contribution in [1.82, 2.24) is 39.6 Å². The van der Waals surface area contributed by atoms with Crippen LogP contribution >= 0.6 is 11.6 Å². The predicted molar refractivity (Wildman–Crippen MR) is 336 cm³/mol. The molecule has 22 nitrogen and oxygen atoms in total. The van der Waals surface area contributed by atoms with Crippen molar-refractivity contribution >= 4 is 90.5 Å². The van der Waals surface area contributed by atoms with E-state index < -0.39 is 61.1 Å². The minimum Gasteiger partial charge on any atom is -0.455 e. The van der Waals surface area contributed by atoms with Gasteiger partial charge in [-0.25, -0.2) is 18.1 Å². The van der Waals surface area contributed by atoms with Crippen LogP contribution in [-0.4, -0.2) is 164 Å². The van der Waals surface area contributed by atoms with Crippen LogP contribution in [0, 0.1) is 21.4 Å². The highest BCUT2D eigenvalue weighted by atomic mass is 35.5. The zero-order valence-electron chi connectivity index (χ0n) is 49.6. The number of ether oxygens (including phenoxy) is 1. The number of piperidine rings is 2. The number of carbonyl (C=O) groups is 5. The maximum Gasteiger partial charge on any atom is 0.293 e. The maximum absolute atomic E-state index is 14.2. The molecule has 0 saturated carbocycles. The number of likely N-dealkylation sites (tertiary alicyclic amines) is 1. The van der Waals surface area contributed by atoms with Crippen LogP contribution < -0.4 is 30.3 Å². The number of anilines is 3. The maximum atomic E-state index is 14.2. The van der Waals surface area contributed by atoms with Gasteiger partial charge in [-0.1, -0.05) is 49.2 Å². The van der Waals surface area contributed by atoms with Crippen LogP contribution in [0.1, 0.15) is 102 Å². The zero-order chi connectivity index (χ0) is 61.9. The Morgan fingerprint density at radius 2 is 1.66 bits per heavy atom. The number of likely N-dealkylation sites (N-methyl/N-ethyl adjacent to an activating group) is 1. The number of fused-ring (bicyclic) bond motifs is 2. The largest absolute Gasteiger partial charge is 0.455 e.